The summed E-state index contributed by atoms with van der Waals surface area (Å²) in [6.07, 6.45) is 9.04. The van der Waals surface area contributed by atoms with E-state index in [9.17, 15) is 0 Å². The molecule has 4 nitrogen and oxygen atoms in total. The lowest BCUT2D eigenvalue weighted by atomic mass is 9.96. The lowest BCUT2D eigenvalue weighted by Gasteiger charge is -2.30. The Morgan fingerprint density at radius 2 is 2.00 bits per heavy atom. The van der Waals surface area contributed by atoms with E-state index in [0.717, 1.165) is 30.5 Å². The highest BCUT2D eigenvalue weighted by molar-refractivity contribution is 5.48. The minimum atomic E-state index is 0.610. The van der Waals surface area contributed by atoms with Crippen molar-refractivity contribution < 1.29 is 0 Å². The molecular formula is C15H24N4. The summed E-state index contributed by atoms with van der Waals surface area (Å²) in [4.78, 5) is 11.5. The lowest BCUT2D eigenvalue weighted by Crippen LogP contribution is -2.35. The standard InChI is InChI=1S/C15H24N4/c1-2-14-17-13(16)10-15(18-14)19-9-5-8-12(19)11-6-3-4-7-11/h10-12H,2-9H2,1H3,(H2,16,17,18). The molecule has 0 bridgehead atoms. The average Bonchev–Trinajstić information content (AvgIpc) is 3.08. The summed E-state index contributed by atoms with van der Waals surface area (Å²) in [5.74, 6) is 3.40. The molecule has 0 aromatic carbocycles. The van der Waals surface area contributed by atoms with Gasteiger partial charge in [-0.25, -0.2) is 9.97 Å². The number of hydrogen-bond donors (Lipinski definition) is 1. The highest BCUT2D eigenvalue weighted by Gasteiger charge is 2.34. The van der Waals surface area contributed by atoms with Crippen molar-refractivity contribution in [1.82, 2.24) is 9.97 Å². The van der Waals surface area contributed by atoms with Crippen LogP contribution in [0, 0.1) is 5.92 Å². The normalized spacial score (nSPS) is 24.3. The number of aromatic nitrogens is 2. The highest BCUT2D eigenvalue weighted by atomic mass is 15.2. The van der Waals surface area contributed by atoms with Crippen molar-refractivity contribution in [2.45, 2.75) is 57.9 Å². The van der Waals surface area contributed by atoms with Crippen LogP contribution in [0.25, 0.3) is 0 Å². The van der Waals surface area contributed by atoms with E-state index < -0.39 is 0 Å². The lowest BCUT2D eigenvalue weighted by molar-refractivity contribution is 0.429. The fourth-order valence-electron chi connectivity index (χ4n) is 3.72. The number of rotatable bonds is 3. The zero-order valence-corrected chi connectivity index (χ0v) is 11.8. The Balaban J connectivity index is 1.85. The van der Waals surface area contributed by atoms with Gasteiger partial charge >= 0.3 is 0 Å². The van der Waals surface area contributed by atoms with Gasteiger partial charge in [0, 0.05) is 25.1 Å². The second-order valence-corrected chi connectivity index (χ2v) is 5.87. The van der Waals surface area contributed by atoms with Gasteiger partial charge in [0.25, 0.3) is 0 Å². The van der Waals surface area contributed by atoms with Gasteiger partial charge in [0.1, 0.15) is 17.5 Å². The number of anilines is 2. The van der Waals surface area contributed by atoms with E-state index in [1.807, 2.05) is 6.07 Å². The molecule has 1 unspecified atom stereocenters. The molecule has 1 atom stereocenters. The van der Waals surface area contributed by atoms with Crippen LogP contribution in [0.3, 0.4) is 0 Å². The van der Waals surface area contributed by atoms with E-state index in [-0.39, 0.29) is 0 Å². The Labute approximate surface area is 115 Å². The molecule has 19 heavy (non-hydrogen) atoms. The topological polar surface area (TPSA) is 55.0 Å². The van der Waals surface area contributed by atoms with Gasteiger partial charge in [0.15, 0.2) is 0 Å². The van der Waals surface area contributed by atoms with Crippen molar-refractivity contribution in [3.63, 3.8) is 0 Å². The van der Waals surface area contributed by atoms with Crippen LogP contribution in [0.2, 0.25) is 0 Å². The molecule has 0 amide bonds. The fourth-order valence-corrected chi connectivity index (χ4v) is 3.72. The van der Waals surface area contributed by atoms with Crippen LogP contribution in [0.15, 0.2) is 6.07 Å². The Kier molecular flexibility index (Phi) is 3.58. The molecule has 1 aliphatic heterocycles. The Morgan fingerprint density at radius 3 is 2.74 bits per heavy atom. The smallest absolute Gasteiger partial charge is 0.134 e. The largest absolute Gasteiger partial charge is 0.384 e. The van der Waals surface area contributed by atoms with Gasteiger partial charge < -0.3 is 10.6 Å². The number of nitrogen functional groups attached to an aromatic ring is 1. The maximum atomic E-state index is 5.92. The van der Waals surface area contributed by atoms with Gasteiger partial charge in [-0.15, -0.1) is 0 Å². The van der Waals surface area contributed by atoms with Crippen molar-refractivity contribution in [2.75, 3.05) is 17.2 Å². The first-order chi connectivity index (χ1) is 9.28. The van der Waals surface area contributed by atoms with Crippen LogP contribution in [0.4, 0.5) is 11.6 Å². The molecule has 1 aromatic heterocycles. The predicted octanol–water partition coefficient (Wildman–Crippen LogP) is 2.78. The number of nitrogens with zero attached hydrogens (tertiary/aromatic N) is 3. The van der Waals surface area contributed by atoms with Gasteiger partial charge in [-0.05, 0) is 31.6 Å². The summed E-state index contributed by atoms with van der Waals surface area (Å²) >= 11 is 0. The summed E-state index contributed by atoms with van der Waals surface area (Å²) in [5, 5.41) is 0. The van der Waals surface area contributed by atoms with Crippen LogP contribution in [0.5, 0.6) is 0 Å². The molecular weight excluding hydrogens is 236 g/mol. The molecule has 104 valence electrons. The molecule has 1 saturated heterocycles. The van der Waals surface area contributed by atoms with E-state index in [0.29, 0.717) is 11.9 Å². The van der Waals surface area contributed by atoms with Gasteiger partial charge in [0.05, 0.1) is 0 Å². The molecule has 0 radical (unpaired) electrons. The molecule has 3 rings (SSSR count). The third kappa shape index (κ3) is 2.53. The Bertz CT molecular complexity index is 440. The van der Waals surface area contributed by atoms with Crippen molar-refractivity contribution >= 4 is 11.6 Å². The average molecular weight is 260 g/mol. The summed E-state index contributed by atoms with van der Waals surface area (Å²) in [5.41, 5.74) is 5.92. The van der Waals surface area contributed by atoms with E-state index in [1.54, 1.807) is 0 Å². The van der Waals surface area contributed by atoms with Crippen molar-refractivity contribution in [2.24, 2.45) is 5.92 Å². The molecule has 1 aromatic rings. The summed E-state index contributed by atoms with van der Waals surface area (Å²) in [7, 11) is 0. The summed E-state index contributed by atoms with van der Waals surface area (Å²) < 4.78 is 0. The molecule has 2 heterocycles. The molecule has 2 aliphatic rings. The second kappa shape index (κ2) is 5.35. The molecule has 0 spiro atoms. The van der Waals surface area contributed by atoms with Crippen molar-refractivity contribution in [1.29, 1.82) is 0 Å². The first kappa shape index (κ1) is 12.7. The van der Waals surface area contributed by atoms with Crippen LogP contribution < -0.4 is 10.6 Å². The minimum absolute atomic E-state index is 0.610. The highest BCUT2D eigenvalue weighted by Crippen LogP contribution is 2.37. The first-order valence-corrected chi connectivity index (χ1v) is 7.68. The number of nitrogens with two attached hydrogens (primary N) is 1. The third-order valence-corrected chi connectivity index (χ3v) is 4.63. The maximum Gasteiger partial charge on any atom is 0.134 e. The first-order valence-electron chi connectivity index (χ1n) is 7.68. The Morgan fingerprint density at radius 1 is 1.21 bits per heavy atom. The van der Waals surface area contributed by atoms with Crippen LogP contribution in [-0.2, 0) is 6.42 Å². The van der Waals surface area contributed by atoms with E-state index in [2.05, 4.69) is 16.8 Å². The van der Waals surface area contributed by atoms with Crippen molar-refractivity contribution in [3.8, 4) is 0 Å². The fraction of sp³-hybridized carbons (Fsp3) is 0.733. The van der Waals surface area contributed by atoms with E-state index in [4.69, 9.17) is 10.7 Å². The molecule has 4 heteroatoms. The Hall–Kier alpha value is -1.32. The zero-order valence-electron chi connectivity index (χ0n) is 11.8. The van der Waals surface area contributed by atoms with Crippen molar-refractivity contribution in [3.05, 3.63) is 11.9 Å². The minimum Gasteiger partial charge on any atom is -0.384 e. The summed E-state index contributed by atoms with van der Waals surface area (Å²) in [6.45, 7) is 3.21. The second-order valence-electron chi connectivity index (χ2n) is 5.87. The molecule has 2 N–H and O–H groups in total. The van der Waals surface area contributed by atoms with Gasteiger partial charge in [0.2, 0.25) is 0 Å². The quantitative estimate of drug-likeness (QED) is 0.908. The number of aryl methyl sites for hydroxylation is 1. The van der Waals surface area contributed by atoms with Gasteiger partial charge in [-0.3, -0.25) is 0 Å². The van der Waals surface area contributed by atoms with E-state index in [1.165, 1.54) is 38.5 Å². The van der Waals surface area contributed by atoms with Crippen LogP contribution >= 0.6 is 0 Å². The molecule has 1 aliphatic carbocycles. The predicted molar refractivity (Wildman–Crippen MR) is 78.1 cm³/mol. The van der Waals surface area contributed by atoms with E-state index >= 15 is 0 Å². The maximum absolute atomic E-state index is 5.92. The zero-order chi connectivity index (χ0) is 13.2. The van der Waals surface area contributed by atoms with Gasteiger partial charge in [-0.1, -0.05) is 19.8 Å². The summed E-state index contributed by atoms with van der Waals surface area (Å²) in [6, 6.07) is 2.63. The monoisotopic (exact) mass is 260 g/mol. The SMILES string of the molecule is CCc1nc(N)cc(N2CCCC2C2CCCC2)n1. The van der Waals surface area contributed by atoms with Crippen LogP contribution in [-0.4, -0.2) is 22.6 Å². The third-order valence-electron chi connectivity index (χ3n) is 4.63. The number of hydrogen-bond acceptors (Lipinski definition) is 4. The molecule has 1 saturated carbocycles. The molecule has 2 fully saturated rings. The van der Waals surface area contributed by atoms with Crippen LogP contribution in [0.1, 0.15) is 51.3 Å². The van der Waals surface area contributed by atoms with Gasteiger partial charge in [-0.2, -0.15) is 0 Å².